The zero-order valence-corrected chi connectivity index (χ0v) is 8.09. The van der Waals surface area contributed by atoms with Crippen molar-refractivity contribution in [3.63, 3.8) is 0 Å². The van der Waals surface area contributed by atoms with Crippen LogP contribution in [-0.4, -0.2) is 0 Å². The molecule has 0 amide bonds. The second-order valence-corrected chi connectivity index (χ2v) is 6.36. The van der Waals surface area contributed by atoms with E-state index in [1.807, 2.05) is 0 Å². The minimum Gasteiger partial charge on any atom is -0.0593 e. The fourth-order valence-corrected chi connectivity index (χ4v) is 5.49. The van der Waals surface area contributed by atoms with Crippen molar-refractivity contribution in [1.29, 1.82) is 0 Å². The van der Waals surface area contributed by atoms with Gasteiger partial charge in [-0.05, 0) is 60.2 Å². The van der Waals surface area contributed by atoms with Crippen LogP contribution in [0.25, 0.3) is 0 Å². The maximum absolute atomic E-state index is 2.51. The average molecular weight is 162 g/mol. The van der Waals surface area contributed by atoms with E-state index in [0.717, 1.165) is 5.41 Å². The van der Waals surface area contributed by atoms with E-state index in [-0.39, 0.29) is 0 Å². The summed E-state index contributed by atoms with van der Waals surface area (Å²) >= 11 is 0. The van der Waals surface area contributed by atoms with Gasteiger partial charge in [0.25, 0.3) is 0 Å². The van der Waals surface area contributed by atoms with Gasteiger partial charge in [-0.15, -0.1) is 0 Å². The molecule has 0 spiro atoms. The van der Waals surface area contributed by atoms with Gasteiger partial charge in [0.2, 0.25) is 0 Å². The van der Waals surface area contributed by atoms with Crippen molar-refractivity contribution in [2.45, 2.75) is 33.1 Å². The van der Waals surface area contributed by atoms with Crippen LogP contribution in [0.15, 0.2) is 0 Å². The van der Waals surface area contributed by atoms with Crippen LogP contribution in [0.1, 0.15) is 33.1 Å². The molecule has 4 rings (SSSR count). The maximum Gasteiger partial charge on any atom is -0.0286 e. The standard InChI is InChI=1S/C12H18/c1-12(2)10-8-6-3-4-7(5-6)9(8)11(10)12/h6-11H,3-5H2,1-2H3. The quantitative estimate of drug-likeness (QED) is 0.514. The SMILES string of the molecule is CC1(C)C2C3C4CCC(C4)C3C21. The second kappa shape index (κ2) is 1.51. The van der Waals surface area contributed by atoms with Gasteiger partial charge in [0.05, 0.1) is 0 Å². The van der Waals surface area contributed by atoms with E-state index < -0.39 is 0 Å². The molecular weight excluding hydrogens is 144 g/mol. The molecule has 0 saturated heterocycles. The van der Waals surface area contributed by atoms with Crippen LogP contribution in [0.2, 0.25) is 0 Å². The molecular formula is C12H18. The molecule has 66 valence electrons. The molecule has 6 atom stereocenters. The van der Waals surface area contributed by atoms with Gasteiger partial charge in [0, 0.05) is 0 Å². The zero-order valence-electron chi connectivity index (χ0n) is 8.09. The molecule has 0 heterocycles. The molecule has 2 bridgehead atoms. The molecule has 0 heteroatoms. The number of hydrogen-bond donors (Lipinski definition) is 0. The summed E-state index contributed by atoms with van der Waals surface area (Å²) in [5.74, 6) is 7.15. The topological polar surface area (TPSA) is 0 Å². The van der Waals surface area contributed by atoms with Crippen molar-refractivity contribution in [2.24, 2.45) is 40.9 Å². The Balaban J connectivity index is 1.74. The van der Waals surface area contributed by atoms with Crippen LogP contribution in [0, 0.1) is 40.9 Å². The van der Waals surface area contributed by atoms with Crippen molar-refractivity contribution in [3.05, 3.63) is 0 Å². The molecule has 0 radical (unpaired) electrons. The predicted octanol–water partition coefficient (Wildman–Crippen LogP) is 2.93. The van der Waals surface area contributed by atoms with E-state index in [4.69, 9.17) is 0 Å². The zero-order chi connectivity index (χ0) is 8.09. The van der Waals surface area contributed by atoms with Crippen molar-refractivity contribution in [1.82, 2.24) is 0 Å². The predicted molar refractivity (Wildman–Crippen MR) is 48.6 cm³/mol. The maximum atomic E-state index is 2.51. The highest BCUT2D eigenvalue weighted by Gasteiger charge is 2.78. The van der Waals surface area contributed by atoms with Gasteiger partial charge in [0.15, 0.2) is 0 Å². The van der Waals surface area contributed by atoms with E-state index in [2.05, 4.69) is 13.8 Å². The Hall–Kier alpha value is 0. The molecule has 0 N–H and O–H groups in total. The number of rotatable bonds is 0. The minimum atomic E-state index is 0.774. The summed E-state index contributed by atoms with van der Waals surface area (Å²) in [7, 11) is 0. The highest BCUT2D eigenvalue weighted by Crippen LogP contribution is 2.83. The second-order valence-electron chi connectivity index (χ2n) is 6.36. The van der Waals surface area contributed by atoms with Crippen molar-refractivity contribution in [3.8, 4) is 0 Å². The van der Waals surface area contributed by atoms with Crippen LogP contribution in [-0.2, 0) is 0 Å². The fourth-order valence-electron chi connectivity index (χ4n) is 5.49. The third-order valence-corrected chi connectivity index (χ3v) is 5.87. The lowest BCUT2D eigenvalue weighted by Gasteiger charge is -2.39. The Morgan fingerprint density at radius 2 is 1.42 bits per heavy atom. The third kappa shape index (κ3) is 0.438. The summed E-state index contributed by atoms with van der Waals surface area (Å²) in [5.41, 5.74) is 0.774. The first-order valence-corrected chi connectivity index (χ1v) is 5.71. The summed E-state index contributed by atoms with van der Waals surface area (Å²) in [6.45, 7) is 5.03. The van der Waals surface area contributed by atoms with Crippen LogP contribution >= 0.6 is 0 Å². The van der Waals surface area contributed by atoms with E-state index in [9.17, 15) is 0 Å². The number of fused-ring (bicyclic) bond motifs is 8. The molecule has 0 aromatic heterocycles. The molecule has 0 aromatic rings. The van der Waals surface area contributed by atoms with Gasteiger partial charge in [-0.3, -0.25) is 0 Å². The van der Waals surface area contributed by atoms with E-state index in [0.29, 0.717) is 0 Å². The van der Waals surface area contributed by atoms with Crippen molar-refractivity contribution in [2.75, 3.05) is 0 Å². The lowest BCUT2D eigenvalue weighted by molar-refractivity contribution is 0.0851. The van der Waals surface area contributed by atoms with E-state index in [1.165, 1.54) is 35.5 Å². The minimum absolute atomic E-state index is 0.774. The summed E-state index contributed by atoms with van der Waals surface area (Å²) in [5, 5.41) is 0. The summed E-state index contributed by atoms with van der Waals surface area (Å²) in [6.07, 6.45) is 4.80. The molecule has 0 aromatic carbocycles. The van der Waals surface area contributed by atoms with Crippen LogP contribution in [0.3, 0.4) is 0 Å². The lowest BCUT2D eigenvalue weighted by atomic mass is 9.66. The average Bonchev–Trinajstić information content (AvgIpc) is 2.28. The largest absolute Gasteiger partial charge is 0.0593 e. The number of hydrogen-bond acceptors (Lipinski definition) is 0. The molecule has 12 heavy (non-hydrogen) atoms. The van der Waals surface area contributed by atoms with Gasteiger partial charge in [-0.2, -0.15) is 0 Å². The van der Waals surface area contributed by atoms with Gasteiger partial charge < -0.3 is 0 Å². The Bertz CT molecular complexity index is 229. The van der Waals surface area contributed by atoms with Crippen molar-refractivity contribution < 1.29 is 0 Å². The van der Waals surface area contributed by atoms with E-state index in [1.54, 1.807) is 19.3 Å². The van der Waals surface area contributed by atoms with Crippen LogP contribution in [0.4, 0.5) is 0 Å². The molecule has 4 saturated carbocycles. The molecule has 4 fully saturated rings. The van der Waals surface area contributed by atoms with Gasteiger partial charge in [-0.1, -0.05) is 13.8 Å². The van der Waals surface area contributed by atoms with Crippen LogP contribution in [0.5, 0.6) is 0 Å². The first-order chi connectivity index (χ1) is 5.71. The summed E-state index contributed by atoms with van der Waals surface area (Å²) in [6, 6.07) is 0. The highest BCUT2D eigenvalue weighted by molar-refractivity contribution is 5.26. The Kier molecular flexibility index (Phi) is 0.811. The summed E-state index contributed by atoms with van der Waals surface area (Å²) in [4.78, 5) is 0. The van der Waals surface area contributed by atoms with Gasteiger partial charge in [-0.25, -0.2) is 0 Å². The van der Waals surface area contributed by atoms with Crippen LogP contribution < -0.4 is 0 Å². The Morgan fingerprint density at radius 3 is 1.92 bits per heavy atom. The van der Waals surface area contributed by atoms with E-state index >= 15 is 0 Å². The smallest absolute Gasteiger partial charge is 0.0286 e. The molecule has 4 aliphatic carbocycles. The first kappa shape index (κ1) is 6.45. The molecule has 6 unspecified atom stereocenters. The Labute approximate surface area is 74.7 Å². The fraction of sp³-hybridized carbons (Fsp3) is 1.00. The monoisotopic (exact) mass is 162 g/mol. The first-order valence-electron chi connectivity index (χ1n) is 5.71. The third-order valence-electron chi connectivity index (χ3n) is 5.87. The molecule has 0 nitrogen and oxygen atoms in total. The van der Waals surface area contributed by atoms with Crippen molar-refractivity contribution >= 4 is 0 Å². The Morgan fingerprint density at radius 1 is 0.917 bits per heavy atom. The molecule has 0 aliphatic heterocycles. The van der Waals surface area contributed by atoms with Gasteiger partial charge >= 0.3 is 0 Å². The highest BCUT2D eigenvalue weighted by atomic mass is 14.8. The normalized spacial score (nSPS) is 68.5. The lowest BCUT2D eigenvalue weighted by Crippen LogP contribution is -2.34. The molecule has 4 aliphatic rings. The van der Waals surface area contributed by atoms with Gasteiger partial charge in [0.1, 0.15) is 0 Å². The summed E-state index contributed by atoms with van der Waals surface area (Å²) < 4.78 is 0.